The van der Waals surface area contributed by atoms with Crippen molar-refractivity contribution in [3.63, 3.8) is 0 Å². The first kappa shape index (κ1) is 19.5. The summed E-state index contributed by atoms with van der Waals surface area (Å²) in [7, 11) is -3.80. The number of carbonyl (C=O) groups is 1. The molecule has 0 aromatic heterocycles. The van der Waals surface area contributed by atoms with Crippen LogP contribution < -0.4 is 10.1 Å². The van der Waals surface area contributed by atoms with Gasteiger partial charge in [0.2, 0.25) is 10.0 Å². The molecule has 136 valence electrons. The second-order valence-electron chi connectivity index (χ2n) is 4.90. The van der Waals surface area contributed by atoms with Gasteiger partial charge in [-0.1, -0.05) is 35.9 Å². The van der Waals surface area contributed by atoms with Gasteiger partial charge < -0.3 is 0 Å². The summed E-state index contributed by atoms with van der Waals surface area (Å²) in [6, 6.07) is 11.6. The summed E-state index contributed by atoms with van der Waals surface area (Å²) < 4.78 is 26.1. The monoisotopic (exact) mass is 396 g/mol. The third-order valence-corrected chi connectivity index (χ3v) is 4.78. The van der Waals surface area contributed by atoms with Crippen molar-refractivity contribution in [3.05, 3.63) is 69.2 Å². The third kappa shape index (κ3) is 5.34. The Kier molecular flexibility index (Phi) is 6.39. The molecule has 9 nitrogen and oxygen atoms in total. The number of rotatable bonds is 7. The lowest BCUT2D eigenvalue weighted by molar-refractivity contribution is -0.384. The summed E-state index contributed by atoms with van der Waals surface area (Å²) in [6.45, 7) is -0.519. The largest absolute Gasteiger partial charge is 0.288 e. The number of hydrogen-bond acceptors (Lipinski definition) is 6. The van der Waals surface area contributed by atoms with E-state index in [1.165, 1.54) is 36.5 Å². The van der Waals surface area contributed by atoms with Crippen molar-refractivity contribution in [3.8, 4) is 0 Å². The Bertz CT molecular complexity index is 948. The van der Waals surface area contributed by atoms with Crippen molar-refractivity contribution in [2.45, 2.75) is 4.90 Å². The molecule has 2 aromatic rings. The van der Waals surface area contributed by atoms with Gasteiger partial charge in [-0.3, -0.25) is 14.9 Å². The number of nitrogens with zero attached hydrogens (tertiary/aromatic N) is 2. The molecule has 0 saturated heterocycles. The van der Waals surface area contributed by atoms with Gasteiger partial charge in [-0.2, -0.15) is 5.10 Å². The van der Waals surface area contributed by atoms with E-state index in [0.717, 1.165) is 0 Å². The normalized spacial score (nSPS) is 11.4. The van der Waals surface area contributed by atoms with E-state index in [4.69, 9.17) is 11.6 Å². The second kappa shape index (κ2) is 8.52. The summed E-state index contributed by atoms with van der Waals surface area (Å²) in [5, 5.41) is 14.4. The standard InChI is InChI=1S/C15H13ClN4O5S/c16-13-7-6-11(8-14(13)20(22)23)9-17-19-15(21)10-18-26(24,25)12-4-2-1-3-5-12/h1-9,18H,10H2,(H,19,21)/b17-9+. The van der Waals surface area contributed by atoms with E-state index in [9.17, 15) is 23.3 Å². The molecule has 0 aliphatic rings. The van der Waals surface area contributed by atoms with Gasteiger partial charge in [-0.25, -0.2) is 18.6 Å². The smallest absolute Gasteiger partial charge is 0.272 e. The highest BCUT2D eigenvalue weighted by molar-refractivity contribution is 7.89. The molecule has 0 aliphatic heterocycles. The van der Waals surface area contributed by atoms with Crippen LogP contribution >= 0.6 is 11.6 Å². The molecular weight excluding hydrogens is 384 g/mol. The lowest BCUT2D eigenvalue weighted by atomic mass is 10.2. The molecule has 2 aromatic carbocycles. The van der Waals surface area contributed by atoms with Crippen LogP contribution in [0, 0.1) is 10.1 Å². The first-order chi connectivity index (χ1) is 12.3. The first-order valence-corrected chi connectivity index (χ1v) is 8.96. The van der Waals surface area contributed by atoms with Gasteiger partial charge in [0.25, 0.3) is 11.6 Å². The predicted octanol–water partition coefficient (Wildman–Crippen LogP) is 1.68. The maximum absolute atomic E-state index is 12.0. The van der Waals surface area contributed by atoms with Gasteiger partial charge >= 0.3 is 0 Å². The van der Waals surface area contributed by atoms with Gasteiger partial charge in [0.15, 0.2) is 0 Å². The Morgan fingerprint density at radius 1 is 1.23 bits per heavy atom. The number of benzene rings is 2. The fourth-order valence-electron chi connectivity index (χ4n) is 1.81. The second-order valence-corrected chi connectivity index (χ2v) is 7.07. The number of nitro benzene ring substituents is 1. The van der Waals surface area contributed by atoms with Crippen LogP contribution in [0.1, 0.15) is 5.56 Å². The van der Waals surface area contributed by atoms with Crippen LogP contribution in [0.4, 0.5) is 5.69 Å². The van der Waals surface area contributed by atoms with E-state index >= 15 is 0 Å². The molecular formula is C15H13ClN4O5S. The van der Waals surface area contributed by atoms with Crippen LogP contribution in [0.15, 0.2) is 58.5 Å². The van der Waals surface area contributed by atoms with Crippen LogP contribution in [0.3, 0.4) is 0 Å². The van der Waals surface area contributed by atoms with Crippen molar-refractivity contribution < 1.29 is 18.1 Å². The van der Waals surface area contributed by atoms with E-state index in [-0.39, 0.29) is 15.6 Å². The zero-order valence-corrected chi connectivity index (χ0v) is 14.7. The first-order valence-electron chi connectivity index (χ1n) is 7.10. The highest BCUT2D eigenvalue weighted by Crippen LogP contribution is 2.24. The quantitative estimate of drug-likeness (QED) is 0.417. The Hall–Kier alpha value is -2.82. The van der Waals surface area contributed by atoms with Gasteiger partial charge in [-0.05, 0) is 18.2 Å². The maximum Gasteiger partial charge on any atom is 0.288 e. The maximum atomic E-state index is 12.0. The Labute approximate surface area is 153 Å². The molecule has 0 spiro atoms. The van der Waals surface area contributed by atoms with Crippen LogP contribution in [-0.2, 0) is 14.8 Å². The van der Waals surface area contributed by atoms with Gasteiger partial charge in [-0.15, -0.1) is 0 Å². The molecule has 2 N–H and O–H groups in total. The van der Waals surface area contributed by atoms with Crippen molar-refractivity contribution >= 4 is 39.4 Å². The zero-order chi connectivity index (χ0) is 19.2. The van der Waals surface area contributed by atoms with E-state index in [2.05, 4.69) is 15.2 Å². The lowest BCUT2D eigenvalue weighted by Gasteiger charge is -2.05. The molecule has 1 amide bonds. The summed E-state index contributed by atoms with van der Waals surface area (Å²) in [6.07, 6.45) is 1.17. The molecule has 26 heavy (non-hydrogen) atoms. The van der Waals surface area contributed by atoms with E-state index in [1.807, 2.05) is 0 Å². The predicted molar refractivity (Wildman–Crippen MR) is 95.5 cm³/mol. The van der Waals surface area contributed by atoms with E-state index < -0.39 is 27.4 Å². The number of amides is 1. The summed E-state index contributed by atoms with van der Waals surface area (Å²) in [5.41, 5.74) is 2.16. The molecule has 2 rings (SSSR count). The van der Waals surface area contributed by atoms with Crippen molar-refractivity contribution in [1.29, 1.82) is 0 Å². The molecule has 0 saturated carbocycles. The Balaban J connectivity index is 1.92. The minimum Gasteiger partial charge on any atom is -0.272 e. The van der Waals surface area contributed by atoms with Crippen LogP contribution in [0.5, 0.6) is 0 Å². The van der Waals surface area contributed by atoms with Crippen molar-refractivity contribution in [2.24, 2.45) is 5.10 Å². The average Bonchev–Trinajstić information content (AvgIpc) is 2.62. The average molecular weight is 397 g/mol. The molecule has 0 unspecified atom stereocenters. The number of carbonyl (C=O) groups excluding carboxylic acids is 1. The highest BCUT2D eigenvalue weighted by atomic mass is 35.5. The molecule has 11 heteroatoms. The summed E-state index contributed by atoms with van der Waals surface area (Å²) in [4.78, 5) is 21.8. The lowest BCUT2D eigenvalue weighted by Crippen LogP contribution is -2.34. The third-order valence-electron chi connectivity index (χ3n) is 3.05. The minimum atomic E-state index is -3.80. The number of nitro groups is 1. The van der Waals surface area contributed by atoms with Crippen LogP contribution in [-0.4, -0.2) is 32.0 Å². The molecule has 0 radical (unpaired) electrons. The van der Waals surface area contributed by atoms with Gasteiger partial charge in [0.05, 0.1) is 22.6 Å². The minimum absolute atomic E-state index is 0.0218. The number of hydrazone groups is 1. The number of hydrogen-bond donors (Lipinski definition) is 2. The fourth-order valence-corrected chi connectivity index (χ4v) is 3.00. The van der Waals surface area contributed by atoms with Gasteiger partial charge in [0.1, 0.15) is 5.02 Å². The topological polar surface area (TPSA) is 131 Å². The molecule has 0 heterocycles. The Morgan fingerprint density at radius 3 is 2.58 bits per heavy atom. The molecule has 0 fully saturated rings. The summed E-state index contributed by atoms with van der Waals surface area (Å²) >= 11 is 5.69. The van der Waals surface area contributed by atoms with Crippen LogP contribution in [0.2, 0.25) is 5.02 Å². The number of halogens is 1. The summed E-state index contributed by atoms with van der Waals surface area (Å²) in [5.74, 6) is -0.704. The fraction of sp³-hybridized carbons (Fsp3) is 0.0667. The van der Waals surface area contributed by atoms with Gasteiger partial charge in [0, 0.05) is 11.6 Å². The van der Waals surface area contributed by atoms with E-state index in [1.54, 1.807) is 18.2 Å². The molecule has 0 atom stereocenters. The Morgan fingerprint density at radius 2 is 1.92 bits per heavy atom. The van der Waals surface area contributed by atoms with Crippen LogP contribution in [0.25, 0.3) is 0 Å². The van der Waals surface area contributed by atoms with Crippen molar-refractivity contribution in [2.75, 3.05) is 6.54 Å². The molecule has 0 bridgehead atoms. The van der Waals surface area contributed by atoms with Crippen molar-refractivity contribution in [1.82, 2.24) is 10.1 Å². The highest BCUT2D eigenvalue weighted by Gasteiger charge is 2.15. The molecule has 0 aliphatic carbocycles. The number of sulfonamides is 1. The zero-order valence-electron chi connectivity index (χ0n) is 13.1. The SMILES string of the molecule is O=C(CNS(=O)(=O)c1ccccc1)N/N=C/c1ccc(Cl)c([N+](=O)[O-])c1. The number of nitrogens with one attached hydrogen (secondary N) is 2. The van der Waals surface area contributed by atoms with E-state index in [0.29, 0.717) is 5.56 Å².